The molecule has 1 saturated heterocycles. The molecule has 0 N–H and O–H groups in total. The molecule has 0 unspecified atom stereocenters. The van der Waals surface area contributed by atoms with Crippen LogP contribution in [-0.4, -0.2) is 43.1 Å². The topological polar surface area (TPSA) is 65.1 Å². The lowest BCUT2D eigenvalue weighted by Gasteiger charge is -2.28. The van der Waals surface area contributed by atoms with Gasteiger partial charge in [-0.2, -0.15) is 0 Å². The summed E-state index contributed by atoms with van der Waals surface area (Å²) >= 11 is 0. The molecule has 3 rings (SSSR count). The Morgan fingerprint density at radius 1 is 1.03 bits per heavy atom. The highest BCUT2D eigenvalue weighted by atomic mass is 16.5. The van der Waals surface area contributed by atoms with Crippen molar-refractivity contribution in [1.29, 1.82) is 0 Å². The van der Waals surface area contributed by atoms with E-state index in [1.807, 2.05) is 59.5 Å². The normalized spacial score (nSPS) is 18.7. The first kappa shape index (κ1) is 20.9. The van der Waals surface area contributed by atoms with Crippen LogP contribution < -0.4 is 4.74 Å². The Balaban J connectivity index is 1.71. The Bertz CT molecular complexity index is 806. The molecular formula is C23H27NO5. The van der Waals surface area contributed by atoms with Gasteiger partial charge in [-0.05, 0) is 29.7 Å². The minimum atomic E-state index is -0.282. The van der Waals surface area contributed by atoms with Crippen molar-refractivity contribution in [3.05, 3.63) is 65.7 Å². The van der Waals surface area contributed by atoms with Gasteiger partial charge in [0.15, 0.2) is 0 Å². The first-order chi connectivity index (χ1) is 14.1. The number of carbonyl (C=O) groups is 2. The predicted octanol–water partition coefficient (Wildman–Crippen LogP) is 3.33. The number of esters is 1. The summed E-state index contributed by atoms with van der Waals surface area (Å²) in [4.78, 5) is 26.3. The molecule has 0 spiro atoms. The van der Waals surface area contributed by atoms with Gasteiger partial charge in [-0.15, -0.1) is 0 Å². The molecule has 1 fully saturated rings. The van der Waals surface area contributed by atoms with Crippen molar-refractivity contribution in [2.24, 2.45) is 0 Å². The maximum atomic E-state index is 12.8. The number of benzene rings is 2. The highest BCUT2D eigenvalue weighted by molar-refractivity contribution is 5.80. The van der Waals surface area contributed by atoms with Crippen LogP contribution in [-0.2, 0) is 32.2 Å². The Morgan fingerprint density at radius 2 is 1.76 bits per heavy atom. The summed E-state index contributed by atoms with van der Waals surface area (Å²) in [5.74, 6) is 0.525. The van der Waals surface area contributed by atoms with Gasteiger partial charge in [-0.1, -0.05) is 42.5 Å². The first-order valence-electron chi connectivity index (χ1n) is 9.75. The lowest BCUT2D eigenvalue weighted by molar-refractivity contribution is -0.141. The van der Waals surface area contributed by atoms with Crippen LogP contribution in [0.1, 0.15) is 30.4 Å². The largest absolute Gasteiger partial charge is 0.497 e. The van der Waals surface area contributed by atoms with E-state index in [4.69, 9.17) is 14.2 Å². The van der Waals surface area contributed by atoms with Crippen LogP contribution in [0.3, 0.4) is 0 Å². The Hall–Kier alpha value is -2.86. The summed E-state index contributed by atoms with van der Waals surface area (Å²) in [6.45, 7) is 0.906. The minimum Gasteiger partial charge on any atom is -0.497 e. The Labute approximate surface area is 171 Å². The Morgan fingerprint density at radius 3 is 2.41 bits per heavy atom. The van der Waals surface area contributed by atoms with Gasteiger partial charge in [0.05, 0.1) is 39.4 Å². The molecule has 2 aromatic rings. The number of ether oxygens (including phenoxy) is 3. The molecule has 1 aliphatic rings. The van der Waals surface area contributed by atoms with E-state index in [9.17, 15) is 9.59 Å². The van der Waals surface area contributed by atoms with Gasteiger partial charge in [0, 0.05) is 13.0 Å². The number of nitrogens with zero attached hydrogens (tertiary/aromatic N) is 1. The fourth-order valence-electron chi connectivity index (χ4n) is 3.60. The van der Waals surface area contributed by atoms with Gasteiger partial charge >= 0.3 is 5.97 Å². The molecule has 6 nitrogen and oxygen atoms in total. The SMILES string of the molecule is COC(=O)CC[C@H]1[C@H](OCc2ccccc2)CC(=O)N1Cc1ccc(OC)cc1. The van der Waals surface area contributed by atoms with E-state index in [2.05, 4.69) is 0 Å². The number of hydrogen-bond acceptors (Lipinski definition) is 5. The van der Waals surface area contributed by atoms with Crippen LogP contribution in [0, 0.1) is 0 Å². The van der Waals surface area contributed by atoms with Crippen molar-refractivity contribution < 1.29 is 23.8 Å². The molecule has 0 bridgehead atoms. The third-order valence-electron chi connectivity index (χ3n) is 5.22. The number of rotatable bonds is 9. The van der Waals surface area contributed by atoms with E-state index >= 15 is 0 Å². The highest BCUT2D eigenvalue weighted by Gasteiger charge is 2.40. The van der Waals surface area contributed by atoms with Gasteiger partial charge in [-0.25, -0.2) is 0 Å². The van der Waals surface area contributed by atoms with Gasteiger partial charge < -0.3 is 19.1 Å². The highest BCUT2D eigenvalue weighted by Crippen LogP contribution is 2.29. The molecule has 2 aromatic carbocycles. The van der Waals surface area contributed by atoms with E-state index in [1.54, 1.807) is 7.11 Å². The van der Waals surface area contributed by atoms with Gasteiger partial charge in [0.2, 0.25) is 5.91 Å². The zero-order chi connectivity index (χ0) is 20.6. The quantitative estimate of drug-likeness (QED) is 0.607. The maximum absolute atomic E-state index is 12.8. The fourth-order valence-corrected chi connectivity index (χ4v) is 3.60. The van der Waals surface area contributed by atoms with Crippen LogP contribution in [0.5, 0.6) is 5.75 Å². The summed E-state index contributed by atoms with van der Waals surface area (Å²) in [5.41, 5.74) is 2.06. The van der Waals surface area contributed by atoms with Crippen LogP contribution in [0.15, 0.2) is 54.6 Å². The average Bonchev–Trinajstić information content (AvgIpc) is 3.06. The van der Waals surface area contributed by atoms with Gasteiger partial charge in [0.1, 0.15) is 5.75 Å². The Kier molecular flexibility index (Phi) is 7.25. The van der Waals surface area contributed by atoms with Crippen LogP contribution in [0.2, 0.25) is 0 Å². The molecule has 0 aromatic heterocycles. The smallest absolute Gasteiger partial charge is 0.305 e. The number of methoxy groups -OCH3 is 2. The van der Waals surface area contributed by atoms with Crippen molar-refractivity contribution in [3.8, 4) is 5.75 Å². The molecule has 0 aliphatic carbocycles. The minimum absolute atomic E-state index is 0.0359. The summed E-state index contributed by atoms with van der Waals surface area (Å²) < 4.78 is 16.1. The second kappa shape index (κ2) is 10.1. The molecule has 0 saturated carbocycles. The lowest BCUT2D eigenvalue weighted by Crippen LogP contribution is -2.38. The second-order valence-corrected chi connectivity index (χ2v) is 7.09. The van der Waals surface area contributed by atoms with Crippen molar-refractivity contribution in [2.45, 2.75) is 44.6 Å². The predicted molar refractivity (Wildman–Crippen MR) is 108 cm³/mol. The molecule has 1 amide bonds. The molecule has 154 valence electrons. The molecule has 2 atom stereocenters. The van der Waals surface area contributed by atoms with Crippen molar-refractivity contribution in [1.82, 2.24) is 4.90 Å². The van der Waals surface area contributed by atoms with Crippen LogP contribution in [0.25, 0.3) is 0 Å². The standard InChI is InChI=1S/C23H27NO5/c1-27-19-10-8-17(9-11-19)15-24-20(12-13-23(26)28-2)21(14-22(24)25)29-16-18-6-4-3-5-7-18/h3-11,20-21H,12-16H2,1-2H3/t20-,21+/m0/s1. The zero-order valence-corrected chi connectivity index (χ0v) is 16.9. The molecule has 1 aliphatic heterocycles. The van der Waals surface area contributed by atoms with Crippen LogP contribution >= 0.6 is 0 Å². The molecular weight excluding hydrogens is 370 g/mol. The lowest BCUT2D eigenvalue weighted by atomic mass is 10.1. The van der Waals surface area contributed by atoms with E-state index in [0.29, 0.717) is 26.0 Å². The monoisotopic (exact) mass is 397 g/mol. The van der Waals surface area contributed by atoms with Gasteiger partial charge in [-0.3, -0.25) is 9.59 Å². The van der Waals surface area contributed by atoms with E-state index in [1.165, 1.54) is 7.11 Å². The second-order valence-electron chi connectivity index (χ2n) is 7.09. The van der Waals surface area contributed by atoms with Crippen molar-refractivity contribution in [3.63, 3.8) is 0 Å². The van der Waals surface area contributed by atoms with E-state index in [-0.39, 0.29) is 30.4 Å². The molecule has 0 radical (unpaired) electrons. The average molecular weight is 397 g/mol. The number of amides is 1. The number of carbonyl (C=O) groups excluding carboxylic acids is 2. The summed E-state index contributed by atoms with van der Waals surface area (Å²) in [6, 6.07) is 17.3. The zero-order valence-electron chi connectivity index (χ0n) is 16.9. The van der Waals surface area contributed by atoms with E-state index in [0.717, 1.165) is 16.9 Å². The maximum Gasteiger partial charge on any atom is 0.305 e. The first-order valence-corrected chi connectivity index (χ1v) is 9.75. The third-order valence-corrected chi connectivity index (χ3v) is 5.22. The van der Waals surface area contributed by atoms with Crippen molar-refractivity contribution in [2.75, 3.05) is 14.2 Å². The summed E-state index contributed by atoms with van der Waals surface area (Å²) in [5, 5.41) is 0. The van der Waals surface area contributed by atoms with Crippen LogP contribution in [0.4, 0.5) is 0 Å². The summed E-state index contributed by atoms with van der Waals surface area (Å²) in [7, 11) is 3.00. The third kappa shape index (κ3) is 5.57. The number of likely N-dealkylation sites (tertiary alicyclic amines) is 1. The van der Waals surface area contributed by atoms with E-state index < -0.39 is 0 Å². The van der Waals surface area contributed by atoms with Crippen molar-refractivity contribution >= 4 is 11.9 Å². The molecule has 29 heavy (non-hydrogen) atoms. The summed E-state index contributed by atoms with van der Waals surface area (Å²) in [6.07, 6.45) is 0.812. The molecule has 6 heteroatoms. The number of hydrogen-bond donors (Lipinski definition) is 0. The van der Waals surface area contributed by atoms with Gasteiger partial charge in [0.25, 0.3) is 0 Å². The molecule has 1 heterocycles. The fraction of sp³-hybridized carbons (Fsp3) is 0.391.